The fourth-order valence-electron chi connectivity index (χ4n) is 1.41. The second-order valence-electron chi connectivity index (χ2n) is 3.83. The van der Waals surface area contributed by atoms with Crippen molar-refractivity contribution in [3.63, 3.8) is 0 Å². The molecule has 0 saturated heterocycles. The van der Waals surface area contributed by atoms with Crippen molar-refractivity contribution in [2.24, 2.45) is 0 Å². The molecule has 16 heavy (non-hydrogen) atoms. The third-order valence-corrected chi connectivity index (χ3v) is 2.41. The Balaban J connectivity index is 1.78. The first-order valence-electron chi connectivity index (χ1n) is 5.36. The van der Waals surface area contributed by atoms with Gasteiger partial charge in [-0.05, 0) is 18.9 Å². The minimum absolute atomic E-state index is 0.0626. The van der Waals surface area contributed by atoms with Crippen molar-refractivity contribution in [2.45, 2.75) is 18.9 Å². The van der Waals surface area contributed by atoms with E-state index in [2.05, 4.69) is 5.32 Å². The second kappa shape index (κ2) is 4.94. The number of ether oxygens (including phenoxy) is 1. The van der Waals surface area contributed by atoms with E-state index in [1.54, 1.807) is 12.1 Å². The quantitative estimate of drug-likeness (QED) is 0.452. The van der Waals surface area contributed by atoms with Gasteiger partial charge in [0, 0.05) is 18.7 Å². The highest BCUT2D eigenvalue weighted by Gasteiger charge is 2.19. The van der Waals surface area contributed by atoms with Gasteiger partial charge in [0.2, 0.25) is 0 Å². The van der Waals surface area contributed by atoms with Gasteiger partial charge in [0.05, 0.1) is 11.0 Å². The minimum Gasteiger partial charge on any atom is -0.492 e. The molecule has 0 unspecified atom stereocenters. The van der Waals surface area contributed by atoms with Crippen LogP contribution in [0.2, 0.25) is 0 Å². The first-order chi connectivity index (χ1) is 7.75. The zero-order valence-electron chi connectivity index (χ0n) is 8.89. The van der Waals surface area contributed by atoms with E-state index in [0.29, 0.717) is 18.4 Å². The predicted molar refractivity (Wildman–Crippen MR) is 59.6 cm³/mol. The molecule has 0 bridgehead atoms. The molecular weight excluding hydrogens is 208 g/mol. The summed E-state index contributed by atoms with van der Waals surface area (Å²) in [4.78, 5) is 10.1. The van der Waals surface area contributed by atoms with E-state index >= 15 is 0 Å². The Morgan fingerprint density at radius 1 is 1.50 bits per heavy atom. The number of hydrogen-bond donors (Lipinski definition) is 1. The average molecular weight is 222 g/mol. The average Bonchev–Trinajstić information content (AvgIpc) is 3.09. The largest absolute Gasteiger partial charge is 0.492 e. The maximum absolute atomic E-state index is 10.5. The predicted octanol–water partition coefficient (Wildman–Crippen LogP) is 1.73. The Morgan fingerprint density at radius 3 is 3.00 bits per heavy atom. The lowest BCUT2D eigenvalue weighted by atomic mass is 10.3. The number of nitro groups is 1. The smallest absolute Gasteiger partial charge is 0.273 e. The Morgan fingerprint density at radius 2 is 2.31 bits per heavy atom. The van der Waals surface area contributed by atoms with E-state index in [0.717, 1.165) is 6.54 Å². The van der Waals surface area contributed by atoms with Crippen LogP contribution >= 0.6 is 0 Å². The highest BCUT2D eigenvalue weighted by molar-refractivity contribution is 5.37. The first-order valence-corrected chi connectivity index (χ1v) is 5.36. The monoisotopic (exact) mass is 222 g/mol. The van der Waals surface area contributed by atoms with Crippen molar-refractivity contribution >= 4 is 5.69 Å². The Kier molecular flexibility index (Phi) is 3.36. The molecular formula is C11H14N2O3. The molecule has 5 nitrogen and oxygen atoms in total. The van der Waals surface area contributed by atoms with Gasteiger partial charge in [-0.15, -0.1) is 0 Å². The molecule has 1 aliphatic rings. The highest BCUT2D eigenvalue weighted by atomic mass is 16.6. The van der Waals surface area contributed by atoms with Crippen LogP contribution in [0, 0.1) is 10.1 Å². The number of nitrogens with one attached hydrogen (secondary N) is 1. The van der Waals surface area contributed by atoms with Crippen LogP contribution < -0.4 is 10.1 Å². The third-order valence-electron chi connectivity index (χ3n) is 2.41. The van der Waals surface area contributed by atoms with Gasteiger partial charge in [-0.2, -0.15) is 0 Å². The van der Waals surface area contributed by atoms with Gasteiger partial charge >= 0.3 is 0 Å². The molecule has 1 aromatic rings. The molecule has 0 radical (unpaired) electrons. The van der Waals surface area contributed by atoms with Crippen molar-refractivity contribution in [1.29, 1.82) is 0 Å². The number of rotatable bonds is 6. The lowest BCUT2D eigenvalue weighted by Gasteiger charge is -2.06. The molecule has 1 saturated carbocycles. The molecule has 0 atom stereocenters. The second-order valence-corrected chi connectivity index (χ2v) is 3.83. The number of non-ortho nitro benzene ring substituents is 1. The fourth-order valence-corrected chi connectivity index (χ4v) is 1.41. The van der Waals surface area contributed by atoms with Crippen LogP contribution in [0.1, 0.15) is 12.8 Å². The lowest BCUT2D eigenvalue weighted by Crippen LogP contribution is -2.22. The summed E-state index contributed by atoms with van der Waals surface area (Å²) in [6, 6.07) is 6.91. The summed E-state index contributed by atoms with van der Waals surface area (Å²) in [5.41, 5.74) is 0.0626. The summed E-state index contributed by atoms with van der Waals surface area (Å²) < 4.78 is 5.41. The van der Waals surface area contributed by atoms with Crippen molar-refractivity contribution in [3.05, 3.63) is 34.4 Å². The summed E-state index contributed by atoms with van der Waals surface area (Å²) in [5.74, 6) is 0.548. The zero-order chi connectivity index (χ0) is 11.4. The fraction of sp³-hybridized carbons (Fsp3) is 0.455. The molecule has 0 aromatic heterocycles. The van der Waals surface area contributed by atoms with E-state index in [1.165, 1.54) is 25.0 Å². The van der Waals surface area contributed by atoms with Gasteiger partial charge < -0.3 is 10.1 Å². The Labute approximate surface area is 93.6 Å². The topological polar surface area (TPSA) is 64.4 Å². The molecule has 0 amide bonds. The summed E-state index contributed by atoms with van der Waals surface area (Å²) in [7, 11) is 0. The van der Waals surface area contributed by atoms with Gasteiger partial charge in [0.15, 0.2) is 0 Å². The molecule has 1 aliphatic carbocycles. The number of nitrogens with zero attached hydrogens (tertiary/aromatic N) is 1. The van der Waals surface area contributed by atoms with Gasteiger partial charge in [-0.3, -0.25) is 10.1 Å². The van der Waals surface area contributed by atoms with Crippen molar-refractivity contribution in [2.75, 3.05) is 13.2 Å². The standard InChI is InChI=1S/C11H14N2O3/c14-13(15)10-2-1-3-11(8-10)16-7-6-12-9-4-5-9/h1-3,8-9,12H,4-7H2. The summed E-state index contributed by atoms with van der Waals surface area (Å²) >= 11 is 0. The van der Waals surface area contributed by atoms with Crippen molar-refractivity contribution < 1.29 is 9.66 Å². The summed E-state index contributed by atoms with van der Waals surface area (Å²) in [5, 5.41) is 13.8. The maximum atomic E-state index is 10.5. The van der Waals surface area contributed by atoms with Crippen LogP contribution in [0.3, 0.4) is 0 Å². The Hall–Kier alpha value is -1.62. The molecule has 1 N–H and O–H groups in total. The van der Waals surface area contributed by atoms with Crippen LogP contribution in [-0.2, 0) is 0 Å². The maximum Gasteiger partial charge on any atom is 0.273 e. The first kappa shape index (κ1) is 10.9. The van der Waals surface area contributed by atoms with Crippen molar-refractivity contribution in [1.82, 2.24) is 5.32 Å². The molecule has 2 rings (SSSR count). The lowest BCUT2D eigenvalue weighted by molar-refractivity contribution is -0.384. The molecule has 0 heterocycles. The van der Waals surface area contributed by atoms with Crippen LogP contribution in [0.4, 0.5) is 5.69 Å². The zero-order valence-corrected chi connectivity index (χ0v) is 8.89. The molecule has 86 valence electrons. The van der Waals surface area contributed by atoms with Crippen LogP contribution in [-0.4, -0.2) is 24.1 Å². The number of nitro benzene ring substituents is 1. The van der Waals surface area contributed by atoms with Crippen LogP contribution in [0.15, 0.2) is 24.3 Å². The summed E-state index contributed by atoms with van der Waals surface area (Å²) in [6.45, 7) is 1.32. The highest BCUT2D eigenvalue weighted by Crippen LogP contribution is 2.19. The SMILES string of the molecule is O=[N+]([O-])c1cccc(OCCNC2CC2)c1. The van der Waals surface area contributed by atoms with Gasteiger partial charge in [-0.25, -0.2) is 0 Å². The molecule has 5 heteroatoms. The Bertz CT molecular complexity index is 377. The third kappa shape index (κ3) is 3.20. The van der Waals surface area contributed by atoms with E-state index in [-0.39, 0.29) is 5.69 Å². The number of benzene rings is 1. The molecule has 1 aromatic carbocycles. The molecule has 0 spiro atoms. The van der Waals surface area contributed by atoms with Gasteiger partial charge in [0.1, 0.15) is 12.4 Å². The van der Waals surface area contributed by atoms with Crippen LogP contribution in [0.25, 0.3) is 0 Å². The molecule has 0 aliphatic heterocycles. The molecule has 1 fully saturated rings. The van der Waals surface area contributed by atoms with E-state index in [4.69, 9.17) is 4.74 Å². The minimum atomic E-state index is -0.421. The normalized spacial score (nSPS) is 14.8. The van der Waals surface area contributed by atoms with E-state index < -0.39 is 4.92 Å². The number of hydrogen-bond acceptors (Lipinski definition) is 4. The van der Waals surface area contributed by atoms with Crippen LogP contribution in [0.5, 0.6) is 5.75 Å². The van der Waals surface area contributed by atoms with Gasteiger partial charge in [-0.1, -0.05) is 6.07 Å². The van der Waals surface area contributed by atoms with Gasteiger partial charge in [0.25, 0.3) is 5.69 Å². The van der Waals surface area contributed by atoms with E-state index in [1.807, 2.05) is 0 Å². The summed E-state index contributed by atoms with van der Waals surface area (Å²) in [6.07, 6.45) is 2.49. The van der Waals surface area contributed by atoms with E-state index in [9.17, 15) is 10.1 Å². The van der Waals surface area contributed by atoms with Crippen molar-refractivity contribution in [3.8, 4) is 5.75 Å².